The number of nitrogens with two attached hydrogens (primary N) is 1. The first-order valence-corrected chi connectivity index (χ1v) is 7.50. The minimum Gasteiger partial charge on any atom is -0.389 e. The van der Waals surface area contributed by atoms with Crippen molar-refractivity contribution in [2.75, 3.05) is 0 Å². The van der Waals surface area contributed by atoms with E-state index < -0.39 is 0 Å². The molecule has 0 atom stereocenters. The normalized spacial score (nSPS) is 10.2. The standard InChI is InChI=1S/C13H11BrN2OS2/c14-11-5-4-10(19-11)7-16-13(17)9-3-1-2-8(6-9)12(15)18/h1-6H,7H2,(H2,15,18)(H,16,17). The molecular weight excluding hydrogens is 344 g/mol. The summed E-state index contributed by atoms with van der Waals surface area (Å²) in [5.41, 5.74) is 6.80. The van der Waals surface area contributed by atoms with E-state index in [0.717, 1.165) is 8.66 Å². The van der Waals surface area contributed by atoms with E-state index in [2.05, 4.69) is 21.2 Å². The molecule has 3 nitrogen and oxygen atoms in total. The number of benzene rings is 1. The molecular formula is C13H11BrN2OS2. The molecule has 1 aromatic heterocycles. The molecule has 0 spiro atoms. The van der Waals surface area contributed by atoms with Crippen LogP contribution in [-0.2, 0) is 6.54 Å². The lowest BCUT2D eigenvalue weighted by Crippen LogP contribution is -2.22. The van der Waals surface area contributed by atoms with Gasteiger partial charge in [0.2, 0.25) is 0 Å². The summed E-state index contributed by atoms with van der Waals surface area (Å²) in [7, 11) is 0. The van der Waals surface area contributed by atoms with E-state index in [-0.39, 0.29) is 10.9 Å². The van der Waals surface area contributed by atoms with Crippen molar-refractivity contribution >= 4 is 50.4 Å². The number of hydrogen-bond donors (Lipinski definition) is 2. The number of nitrogens with one attached hydrogen (secondary N) is 1. The maximum absolute atomic E-state index is 12.0. The van der Waals surface area contributed by atoms with Crippen LogP contribution >= 0.6 is 39.5 Å². The van der Waals surface area contributed by atoms with Gasteiger partial charge in [0.1, 0.15) is 4.99 Å². The summed E-state index contributed by atoms with van der Waals surface area (Å²) in [6.45, 7) is 0.506. The number of rotatable bonds is 4. The molecule has 0 saturated carbocycles. The molecule has 0 aliphatic rings. The van der Waals surface area contributed by atoms with Gasteiger partial charge >= 0.3 is 0 Å². The molecule has 0 bridgehead atoms. The molecule has 0 saturated heterocycles. The fourth-order valence-electron chi connectivity index (χ4n) is 1.53. The molecule has 3 N–H and O–H groups in total. The first-order chi connectivity index (χ1) is 9.06. The Kier molecular flexibility index (Phi) is 4.68. The third-order valence-electron chi connectivity index (χ3n) is 2.46. The largest absolute Gasteiger partial charge is 0.389 e. The summed E-state index contributed by atoms with van der Waals surface area (Å²) >= 11 is 9.88. The predicted octanol–water partition coefficient (Wildman–Crippen LogP) is 3.07. The number of thiocarbonyl (C=S) groups is 1. The van der Waals surface area contributed by atoms with E-state index >= 15 is 0 Å². The molecule has 19 heavy (non-hydrogen) atoms. The highest BCUT2D eigenvalue weighted by Gasteiger charge is 2.07. The fraction of sp³-hybridized carbons (Fsp3) is 0.0769. The molecule has 1 amide bonds. The highest BCUT2D eigenvalue weighted by atomic mass is 79.9. The smallest absolute Gasteiger partial charge is 0.251 e. The highest BCUT2D eigenvalue weighted by molar-refractivity contribution is 9.11. The molecule has 1 heterocycles. The minimum atomic E-state index is -0.136. The Bertz CT molecular complexity index is 625. The summed E-state index contributed by atoms with van der Waals surface area (Å²) in [5, 5.41) is 2.86. The Morgan fingerprint density at radius 3 is 2.68 bits per heavy atom. The van der Waals surface area contributed by atoms with E-state index in [1.165, 1.54) is 0 Å². The van der Waals surface area contributed by atoms with Gasteiger partial charge in [0.05, 0.1) is 10.3 Å². The average Bonchev–Trinajstić information content (AvgIpc) is 2.82. The van der Waals surface area contributed by atoms with Crippen LogP contribution in [0.2, 0.25) is 0 Å². The van der Waals surface area contributed by atoms with Gasteiger partial charge in [-0.3, -0.25) is 4.79 Å². The van der Waals surface area contributed by atoms with Crippen LogP contribution in [0.3, 0.4) is 0 Å². The van der Waals surface area contributed by atoms with Crippen LogP contribution in [0.15, 0.2) is 40.2 Å². The van der Waals surface area contributed by atoms with E-state index in [9.17, 15) is 4.79 Å². The fourth-order valence-corrected chi connectivity index (χ4v) is 3.08. The second-order valence-electron chi connectivity index (χ2n) is 3.83. The van der Waals surface area contributed by atoms with Gasteiger partial charge in [-0.15, -0.1) is 11.3 Å². The quantitative estimate of drug-likeness (QED) is 0.829. The predicted molar refractivity (Wildman–Crippen MR) is 85.5 cm³/mol. The summed E-state index contributed by atoms with van der Waals surface area (Å²) in [6, 6.07) is 10.9. The summed E-state index contributed by atoms with van der Waals surface area (Å²) in [4.78, 5) is 13.4. The Morgan fingerprint density at radius 1 is 1.32 bits per heavy atom. The van der Waals surface area contributed by atoms with Crippen molar-refractivity contribution < 1.29 is 4.79 Å². The zero-order chi connectivity index (χ0) is 13.8. The molecule has 0 unspecified atom stereocenters. The lowest BCUT2D eigenvalue weighted by molar-refractivity contribution is 0.0951. The van der Waals surface area contributed by atoms with Gasteiger partial charge in [-0.05, 0) is 40.2 Å². The van der Waals surface area contributed by atoms with Crippen molar-refractivity contribution in [3.8, 4) is 0 Å². The second kappa shape index (κ2) is 6.27. The van der Waals surface area contributed by atoms with Crippen LogP contribution in [-0.4, -0.2) is 10.9 Å². The summed E-state index contributed by atoms with van der Waals surface area (Å²) < 4.78 is 1.05. The first kappa shape index (κ1) is 14.2. The molecule has 0 aliphatic carbocycles. The monoisotopic (exact) mass is 354 g/mol. The van der Waals surface area contributed by atoms with Crippen LogP contribution in [0.5, 0.6) is 0 Å². The van der Waals surface area contributed by atoms with Crippen molar-refractivity contribution in [1.29, 1.82) is 0 Å². The van der Waals surface area contributed by atoms with Gasteiger partial charge in [0, 0.05) is 16.0 Å². The Labute approximate surface area is 129 Å². The van der Waals surface area contributed by atoms with Crippen LogP contribution in [0.25, 0.3) is 0 Å². The van der Waals surface area contributed by atoms with Gasteiger partial charge in [0.15, 0.2) is 0 Å². The minimum absolute atomic E-state index is 0.136. The highest BCUT2D eigenvalue weighted by Crippen LogP contribution is 2.21. The van der Waals surface area contributed by atoms with Crippen molar-refractivity contribution in [2.45, 2.75) is 6.54 Å². The second-order valence-corrected chi connectivity index (χ2v) is 6.82. The number of carbonyl (C=O) groups excluding carboxylic acids is 1. The molecule has 0 aliphatic heterocycles. The van der Waals surface area contributed by atoms with Crippen molar-refractivity contribution in [1.82, 2.24) is 5.32 Å². The molecule has 1 aromatic carbocycles. The maximum Gasteiger partial charge on any atom is 0.251 e. The van der Waals surface area contributed by atoms with Crippen molar-refractivity contribution in [3.05, 3.63) is 56.2 Å². The molecule has 0 fully saturated rings. The lowest BCUT2D eigenvalue weighted by Gasteiger charge is -2.05. The van der Waals surface area contributed by atoms with Gasteiger partial charge in [-0.25, -0.2) is 0 Å². The Hall–Kier alpha value is -1.24. The summed E-state index contributed by atoms with van der Waals surface area (Å²) in [6.07, 6.45) is 0. The van der Waals surface area contributed by atoms with E-state index in [1.807, 2.05) is 12.1 Å². The number of hydrogen-bond acceptors (Lipinski definition) is 3. The van der Waals surface area contributed by atoms with Crippen LogP contribution in [0.4, 0.5) is 0 Å². The molecule has 98 valence electrons. The van der Waals surface area contributed by atoms with Gasteiger partial charge in [-0.2, -0.15) is 0 Å². The van der Waals surface area contributed by atoms with Crippen molar-refractivity contribution in [3.63, 3.8) is 0 Å². The maximum atomic E-state index is 12.0. The van der Waals surface area contributed by atoms with Crippen LogP contribution in [0.1, 0.15) is 20.8 Å². The van der Waals surface area contributed by atoms with Gasteiger partial charge in [-0.1, -0.05) is 24.4 Å². The third-order valence-corrected chi connectivity index (χ3v) is 4.32. The van der Waals surface area contributed by atoms with Crippen LogP contribution in [0, 0.1) is 0 Å². The topological polar surface area (TPSA) is 55.1 Å². The van der Waals surface area contributed by atoms with Crippen LogP contribution < -0.4 is 11.1 Å². The molecule has 2 aromatic rings. The average molecular weight is 355 g/mol. The Balaban J connectivity index is 2.03. The van der Waals surface area contributed by atoms with Gasteiger partial charge in [0.25, 0.3) is 5.91 Å². The number of halogens is 1. The zero-order valence-electron chi connectivity index (χ0n) is 9.85. The Morgan fingerprint density at radius 2 is 2.05 bits per heavy atom. The number of thiophene rings is 1. The lowest BCUT2D eigenvalue weighted by atomic mass is 10.1. The first-order valence-electron chi connectivity index (χ1n) is 5.48. The van der Waals surface area contributed by atoms with E-state index in [1.54, 1.807) is 35.6 Å². The van der Waals surface area contributed by atoms with Gasteiger partial charge < -0.3 is 11.1 Å². The molecule has 0 radical (unpaired) electrons. The summed E-state index contributed by atoms with van der Waals surface area (Å²) in [5.74, 6) is -0.136. The molecule has 6 heteroatoms. The number of amides is 1. The number of carbonyl (C=O) groups is 1. The molecule has 2 rings (SSSR count). The van der Waals surface area contributed by atoms with E-state index in [4.69, 9.17) is 18.0 Å². The zero-order valence-corrected chi connectivity index (χ0v) is 13.1. The third kappa shape index (κ3) is 3.86. The van der Waals surface area contributed by atoms with Crippen molar-refractivity contribution in [2.24, 2.45) is 5.73 Å². The van der Waals surface area contributed by atoms with E-state index in [0.29, 0.717) is 17.7 Å². The SMILES string of the molecule is NC(=S)c1cccc(C(=O)NCc2ccc(Br)s2)c1.